The molecule has 400 valence electrons. The molecule has 0 radical (unpaired) electrons. The van der Waals surface area contributed by atoms with Crippen LogP contribution in [-0.2, 0) is 91.2 Å². The van der Waals surface area contributed by atoms with Gasteiger partial charge in [0.05, 0.1) is 125 Å². The lowest BCUT2D eigenvalue weighted by atomic mass is 10.1. The second kappa shape index (κ2) is 36.9. The molecular weight excluding hydrogens is 949 g/mol. The lowest BCUT2D eigenvalue weighted by Crippen LogP contribution is -2.46. The summed E-state index contributed by atoms with van der Waals surface area (Å²) >= 11 is 0. The highest BCUT2D eigenvalue weighted by molar-refractivity contribution is 6.13. The van der Waals surface area contributed by atoms with Crippen molar-refractivity contribution < 1.29 is 86.4 Å². The van der Waals surface area contributed by atoms with E-state index < -0.39 is 41.7 Å². The van der Waals surface area contributed by atoms with Crippen molar-refractivity contribution >= 4 is 52.9 Å². The average Bonchev–Trinajstić information content (AvgIpc) is 3.71. The number of hydrogen-bond donors (Lipinski definition) is 6. The molecular formula is C48H70N6O18. The number of imide groups is 1. The average molecular weight is 1020 g/mol. The third kappa shape index (κ3) is 26.5. The highest BCUT2D eigenvalue weighted by atomic mass is 16.6. The van der Waals surface area contributed by atoms with Crippen molar-refractivity contribution in [3.8, 4) is 0 Å². The molecule has 72 heavy (non-hydrogen) atoms. The van der Waals surface area contributed by atoms with E-state index in [1.54, 1.807) is 42.5 Å². The molecule has 0 bridgehead atoms. The summed E-state index contributed by atoms with van der Waals surface area (Å²) in [5, 5.41) is 29.3. The first-order chi connectivity index (χ1) is 34.9. The van der Waals surface area contributed by atoms with Crippen molar-refractivity contribution in [3.05, 3.63) is 71.3 Å². The van der Waals surface area contributed by atoms with E-state index in [9.17, 15) is 43.8 Å². The van der Waals surface area contributed by atoms with Crippen LogP contribution in [0, 0.1) is 0 Å². The first kappa shape index (κ1) is 60.4. The molecule has 1 heterocycles. The summed E-state index contributed by atoms with van der Waals surface area (Å²) in [5.74, 6) is -2.53. The van der Waals surface area contributed by atoms with Gasteiger partial charge in [-0.25, -0.2) is 4.79 Å². The molecule has 0 spiro atoms. The normalized spacial score (nSPS) is 12.5. The van der Waals surface area contributed by atoms with Crippen molar-refractivity contribution in [3.63, 3.8) is 0 Å². The number of benzene rings is 2. The van der Waals surface area contributed by atoms with E-state index in [-0.39, 0.29) is 64.9 Å². The summed E-state index contributed by atoms with van der Waals surface area (Å²) in [7, 11) is 1.51. The van der Waals surface area contributed by atoms with Crippen LogP contribution in [-0.4, -0.2) is 195 Å². The van der Waals surface area contributed by atoms with Gasteiger partial charge in [0.15, 0.2) is 0 Å². The van der Waals surface area contributed by atoms with Crippen LogP contribution < -0.4 is 26.2 Å². The second-order valence-corrected chi connectivity index (χ2v) is 15.6. The van der Waals surface area contributed by atoms with Crippen LogP contribution in [0.15, 0.2) is 54.6 Å². The Kier molecular flexibility index (Phi) is 30.9. The maximum absolute atomic E-state index is 12.7. The summed E-state index contributed by atoms with van der Waals surface area (Å²) < 4.78 is 49.0. The van der Waals surface area contributed by atoms with E-state index in [0.717, 1.165) is 4.90 Å². The standard InChI is InChI=1S/C48H70N6O18/c1-36(47(62)52-40-5-3-37(4-6-40)35-72-48(63)53(2)41-30-38(33-55)29-39(31-41)34-56)51-44(59)32-50-43(58)10-13-64-15-17-66-19-21-68-23-25-70-27-28-71-26-24-69-22-20-67-18-16-65-14-11-49-42(57)9-12-54-45(60)7-8-46(54)61/h3-8,29-31,36,55-56H,9-28,32-35H2,1-2H3,(H,49,57)(H,50,58)(H,51,59)(H,52,62)/t36-/m0/s1. The van der Waals surface area contributed by atoms with Gasteiger partial charge >= 0.3 is 6.09 Å². The number of aliphatic hydroxyl groups excluding tert-OH is 2. The molecule has 0 aromatic heterocycles. The van der Waals surface area contributed by atoms with Gasteiger partial charge in [-0.2, -0.15) is 0 Å². The van der Waals surface area contributed by atoms with Gasteiger partial charge in [-0.05, 0) is 47.9 Å². The highest BCUT2D eigenvalue weighted by Gasteiger charge is 2.23. The van der Waals surface area contributed by atoms with Crippen molar-refractivity contribution in [2.45, 2.75) is 45.6 Å². The summed E-state index contributed by atoms with van der Waals surface area (Å²) in [4.78, 5) is 86.9. The summed E-state index contributed by atoms with van der Waals surface area (Å²) in [6, 6.07) is 10.5. The molecule has 1 aliphatic heterocycles. The Balaban J connectivity index is 1.03. The van der Waals surface area contributed by atoms with Crippen LogP contribution in [0.25, 0.3) is 0 Å². The van der Waals surface area contributed by atoms with Gasteiger partial charge in [-0.15, -0.1) is 0 Å². The molecule has 7 amide bonds. The number of aliphatic hydroxyl groups is 2. The first-order valence-electron chi connectivity index (χ1n) is 23.5. The number of nitrogens with zero attached hydrogens (tertiary/aromatic N) is 2. The molecule has 1 atom stereocenters. The molecule has 0 saturated carbocycles. The SMILES string of the molecule is C[C@H](NC(=O)CNC(=O)CCOCCOCCOCCOCCOCCOCCOCCOCCNC(=O)CCN1C(=O)C=CC1=O)C(=O)Nc1ccc(COC(=O)N(C)c2cc(CO)cc(CO)c2)cc1. The van der Waals surface area contributed by atoms with Gasteiger partial charge in [-0.3, -0.25) is 38.6 Å². The Bertz CT molecular complexity index is 1950. The van der Waals surface area contributed by atoms with E-state index >= 15 is 0 Å². The van der Waals surface area contributed by atoms with Crippen molar-refractivity contribution in [2.75, 3.05) is 143 Å². The number of nitrogens with one attached hydrogen (secondary N) is 4. The number of ether oxygens (including phenoxy) is 9. The van der Waals surface area contributed by atoms with Gasteiger partial charge < -0.3 is 74.1 Å². The topological polar surface area (TPSA) is 298 Å². The Morgan fingerprint density at radius 3 is 1.53 bits per heavy atom. The van der Waals surface area contributed by atoms with E-state index in [4.69, 9.17) is 42.6 Å². The predicted octanol–water partition coefficient (Wildman–Crippen LogP) is -0.0422. The molecule has 0 aliphatic carbocycles. The van der Waals surface area contributed by atoms with Gasteiger partial charge in [0.2, 0.25) is 23.6 Å². The van der Waals surface area contributed by atoms with Crippen molar-refractivity contribution in [2.24, 2.45) is 0 Å². The smallest absolute Gasteiger partial charge is 0.414 e. The van der Waals surface area contributed by atoms with E-state index in [2.05, 4.69) is 21.3 Å². The van der Waals surface area contributed by atoms with Crippen LogP contribution in [0.2, 0.25) is 0 Å². The largest absolute Gasteiger partial charge is 0.444 e. The number of carbonyl (C=O) groups excluding carboxylic acids is 7. The minimum absolute atomic E-state index is 0.0287. The third-order valence-electron chi connectivity index (χ3n) is 9.97. The third-order valence-corrected chi connectivity index (χ3v) is 9.97. The molecule has 0 unspecified atom stereocenters. The number of rotatable bonds is 40. The van der Waals surface area contributed by atoms with Crippen molar-refractivity contribution in [1.82, 2.24) is 20.9 Å². The molecule has 6 N–H and O–H groups in total. The van der Waals surface area contributed by atoms with E-state index in [0.29, 0.717) is 127 Å². The zero-order valence-corrected chi connectivity index (χ0v) is 41.1. The number of hydrogen-bond acceptors (Lipinski definition) is 18. The molecule has 2 aromatic carbocycles. The van der Waals surface area contributed by atoms with Crippen LogP contribution >= 0.6 is 0 Å². The monoisotopic (exact) mass is 1020 g/mol. The molecule has 24 heteroatoms. The van der Waals surface area contributed by atoms with Crippen molar-refractivity contribution in [1.29, 1.82) is 0 Å². The second-order valence-electron chi connectivity index (χ2n) is 15.6. The Morgan fingerprint density at radius 1 is 0.583 bits per heavy atom. The van der Waals surface area contributed by atoms with Gasteiger partial charge in [0.1, 0.15) is 12.6 Å². The molecule has 0 saturated heterocycles. The maximum Gasteiger partial charge on any atom is 0.414 e. The van der Waals surface area contributed by atoms with Crippen LogP contribution in [0.3, 0.4) is 0 Å². The van der Waals surface area contributed by atoms with Crippen LogP contribution in [0.1, 0.15) is 36.5 Å². The van der Waals surface area contributed by atoms with Crippen LogP contribution in [0.4, 0.5) is 16.2 Å². The minimum Gasteiger partial charge on any atom is -0.444 e. The Morgan fingerprint density at radius 2 is 1.04 bits per heavy atom. The van der Waals surface area contributed by atoms with Gasteiger partial charge in [-0.1, -0.05) is 18.2 Å². The zero-order chi connectivity index (χ0) is 52.2. The zero-order valence-electron chi connectivity index (χ0n) is 41.1. The summed E-state index contributed by atoms with van der Waals surface area (Å²) in [5.41, 5.74) is 2.64. The summed E-state index contributed by atoms with van der Waals surface area (Å²) in [6.07, 6.45) is 1.78. The summed E-state index contributed by atoms with van der Waals surface area (Å²) in [6.45, 7) is 6.71. The molecule has 2 aromatic rings. The number of carbonyl (C=O) groups is 7. The molecule has 1 aliphatic rings. The predicted molar refractivity (Wildman–Crippen MR) is 257 cm³/mol. The lowest BCUT2D eigenvalue weighted by Gasteiger charge is -2.19. The molecule has 0 fully saturated rings. The Labute approximate surface area is 418 Å². The molecule has 24 nitrogen and oxygen atoms in total. The number of amides is 7. The fraction of sp³-hybridized carbons (Fsp3) is 0.562. The van der Waals surface area contributed by atoms with E-state index in [1.165, 1.54) is 31.0 Å². The van der Waals surface area contributed by atoms with Gasteiger partial charge in [0.25, 0.3) is 11.8 Å². The maximum atomic E-state index is 12.7. The molecule has 3 rings (SSSR count). The lowest BCUT2D eigenvalue weighted by molar-refractivity contribution is -0.137. The fourth-order valence-corrected chi connectivity index (χ4v) is 6.05. The highest BCUT2D eigenvalue weighted by Crippen LogP contribution is 2.20. The number of anilines is 2. The van der Waals surface area contributed by atoms with E-state index in [1.807, 2.05) is 0 Å². The fourth-order valence-electron chi connectivity index (χ4n) is 6.05. The minimum atomic E-state index is -0.906. The van der Waals surface area contributed by atoms with Crippen LogP contribution in [0.5, 0.6) is 0 Å². The van der Waals surface area contributed by atoms with Gasteiger partial charge in [0, 0.05) is 56.5 Å². The Hall–Kier alpha value is -5.93. The first-order valence-corrected chi connectivity index (χ1v) is 23.5. The quantitative estimate of drug-likeness (QED) is 0.0377.